The third kappa shape index (κ3) is 5.39. The maximum Gasteiger partial charge on any atom is 0.240 e. The first-order valence-corrected chi connectivity index (χ1v) is 8.71. The maximum atomic E-state index is 12.4. The van der Waals surface area contributed by atoms with E-state index in [1.165, 1.54) is 0 Å². The summed E-state index contributed by atoms with van der Waals surface area (Å²) >= 11 is 0. The summed E-state index contributed by atoms with van der Waals surface area (Å²) in [6, 6.07) is 3.72. The van der Waals surface area contributed by atoms with Crippen molar-refractivity contribution in [2.75, 3.05) is 33.7 Å². The highest BCUT2D eigenvalue weighted by atomic mass is 32.2. The van der Waals surface area contributed by atoms with Crippen molar-refractivity contribution in [1.82, 2.24) is 14.9 Å². The molecule has 2 N–H and O–H groups in total. The predicted octanol–water partition coefficient (Wildman–Crippen LogP) is 1.25. The molecule has 21 heavy (non-hydrogen) atoms. The van der Waals surface area contributed by atoms with Crippen LogP contribution in [0, 0.1) is 13.8 Å². The molecule has 6 heteroatoms. The van der Waals surface area contributed by atoms with Crippen LogP contribution in [0.15, 0.2) is 17.0 Å². The van der Waals surface area contributed by atoms with Gasteiger partial charge in [-0.1, -0.05) is 13.0 Å². The van der Waals surface area contributed by atoms with Gasteiger partial charge in [0.15, 0.2) is 0 Å². The van der Waals surface area contributed by atoms with Crippen molar-refractivity contribution in [2.24, 2.45) is 0 Å². The van der Waals surface area contributed by atoms with Crippen molar-refractivity contribution >= 4 is 10.0 Å². The molecule has 0 heterocycles. The van der Waals surface area contributed by atoms with Gasteiger partial charge in [-0.3, -0.25) is 0 Å². The molecule has 0 aliphatic carbocycles. The molecule has 1 rings (SSSR count). The Kier molecular flexibility index (Phi) is 6.80. The minimum absolute atomic E-state index is 0.375. The minimum Gasteiger partial charge on any atom is -0.313 e. The molecule has 0 aliphatic heterocycles. The summed E-state index contributed by atoms with van der Waals surface area (Å²) < 4.78 is 27.5. The molecule has 0 spiro atoms. The van der Waals surface area contributed by atoms with Crippen LogP contribution >= 0.6 is 0 Å². The molecule has 0 bridgehead atoms. The molecule has 0 aliphatic rings. The van der Waals surface area contributed by atoms with E-state index in [1.807, 2.05) is 45.8 Å². The number of benzene rings is 1. The molecule has 120 valence electrons. The second-order valence-corrected chi connectivity index (χ2v) is 7.26. The van der Waals surface area contributed by atoms with E-state index in [4.69, 9.17) is 0 Å². The monoisotopic (exact) mass is 313 g/mol. The van der Waals surface area contributed by atoms with E-state index >= 15 is 0 Å². The minimum atomic E-state index is -3.46. The molecular formula is C15H27N3O2S. The SMILES string of the molecule is CCNCc1cc(S(=O)(=O)NCCN(C)C)c(C)cc1C. The Morgan fingerprint density at radius 2 is 1.81 bits per heavy atom. The Hall–Kier alpha value is -0.950. The molecule has 0 saturated heterocycles. The lowest BCUT2D eigenvalue weighted by Crippen LogP contribution is -2.32. The largest absolute Gasteiger partial charge is 0.313 e. The van der Waals surface area contributed by atoms with Gasteiger partial charge in [0.2, 0.25) is 10.0 Å². The molecule has 0 aromatic heterocycles. The number of hydrogen-bond donors (Lipinski definition) is 2. The Bertz CT molecular complexity index is 569. The van der Waals surface area contributed by atoms with Gasteiger partial charge < -0.3 is 10.2 Å². The fourth-order valence-electron chi connectivity index (χ4n) is 2.10. The van der Waals surface area contributed by atoms with Crippen molar-refractivity contribution in [3.8, 4) is 0 Å². The highest BCUT2D eigenvalue weighted by Gasteiger charge is 2.18. The number of sulfonamides is 1. The van der Waals surface area contributed by atoms with Crippen molar-refractivity contribution in [2.45, 2.75) is 32.2 Å². The van der Waals surface area contributed by atoms with E-state index in [9.17, 15) is 8.42 Å². The summed E-state index contributed by atoms with van der Waals surface area (Å²) in [5.74, 6) is 0. The van der Waals surface area contributed by atoms with E-state index in [2.05, 4.69) is 10.0 Å². The molecule has 0 unspecified atom stereocenters. The normalized spacial score (nSPS) is 12.1. The highest BCUT2D eigenvalue weighted by Crippen LogP contribution is 2.20. The zero-order valence-electron chi connectivity index (χ0n) is 13.7. The fraction of sp³-hybridized carbons (Fsp3) is 0.600. The Morgan fingerprint density at radius 3 is 2.38 bits per heavy atom. The van der Waals surface area contributed by atoms with Crippen molar-refractivity contribution in [1.29, 1.82) is 0 Å². The summed E-state index contributed by atoms with van der Waals surface area (Å²) in [5, 5.41) is 3.24. The standard InChI is InChI=1S/C15H27N3O2S/c1-6-16-11-14-10-15(13(3)9-12(14)2)21(19,20)17-7-8-18(4)5/h9-10,16-17H,6-8,11H2,1-5H3. The van der Waals surface area contributed by atoms with Crippen LogP contribution in [0.25, 0.3) is 0 Å². The molecule has 0 radical (unpaired) electrons. The maximum absolute atomic E-state index is 12.4. The first-order chi connectivity index (χ1) is 9.77. The van der Waals surface area contributed by atoms with Crippen LogP contribution in [0.3, 0.4) is 0 Å². The van der Waals surface area contributed by atoms with E-state index < -0.39 is 10.0 Å². The van der Waals surface area contributed by atoms with Crippen LogP contribution in [0.4, 0.5) is 0 Å². The lowest BCUT2D eigenvalue weighted by molar-refractivity contribution is 0.412. The predicted molar refractivity (Wildman–Crippen MR) is 87.0 cm³/mol. The lowest BCUT2D eigenvalue weighted by atomic mass is 10.1. The molecular weight excluding hydrogens is 286 g/mol. The zero-order chi connectivity index (χ0) is 16.0. The second kappa shape index (κ2) is 7.89. The van der Waals surface area contributed by atoms with Crippen LogP contribution in [0.5, 0.6) is 0 Å². The topological polar surface area (TPSA) is 61.4 Å². The third-order valence-corrected chi connectivity index (χ3v) is 4.94. The number of nitrogens with one attached hydrogen (secondary N) is 2. The van der Waals surface area contributed by atoms with Gasteiger partial charge in [0, 0.05) is 19.6 Å². The Morgan fingerprint density at radius 1 is 1.14 bits per heavy atom. The molecule has 0 atom stereocenters. The van der Waals surface area contributed by atoms with Crippen molar-refractivity contribution < 1.29 is 8.42 Å². The number of rotatable bonds is 8. The van der Waals surface area contributed by atoms with Gasteiger partial charge in [-0.15, -0.1) is 0 Å². The number of hydrogen-bond acceptors (Lipinski definition) is 4. The summed E-state index contributed by atoms with van der Waals surface area (Å²) in [6.45, 7) is 8.50. The Balaban J connectivity index is 2.99. The third-order valence-electron chi connectivity index (χ3n) is 3.34. The van der Waals surface area contributed by atoms with E-state index in [0.717, 1.165) is 23.2 Å². The first kappa shape index (κ1) is 18.1. The number of aryl methyl sites for hydroxylation is 2. The molecule has 0 amide bonds. The highest BCUT2D eigenvalue weighted by molar-refractivity contribution is 7.89. The molecule has 5 nitrogen and oxygen atoms in total. The number of nitrogens with zero attached hydrogens (tertiary/aromatic N) is 1. The zero-order valence-corrected chi connectivity index (χ0v) is 14.5. The van der Waals surface area contributed by atoms with Gasteiger partial charge in [0.05, 0.1) is 4.90 Å². The van der Waals surface area contributed by atoms with Crippen LogP contribution in [0.1, 0.15) is 23.6 Å². The molecule has 1 aromatic carbocycles. The molecule has 0 fully saturated rings. The van der Waals surface area contributed by atoms with Gasteiger partial charge in [-0.05, 0) is 57.2 Å². The van der Waals surface area contributed by atoms with E-state index in [-0.39, 0.29) is 0 Å². The van der Waals surface area contributed by atoms with E-state index in [1.54, 1.807) is 6.07 Å². The number of likely N-dealkylation sites (N-methyl/N-ethyl adjacent to an activating group) is 1. The molecule has 0 saturated carbocycles. The van der Waals surface area contributed by atoms with Crippen LogP contribution < -0.4 is 10.0 Å². The van der Waals surface area contributed by atoms with Crippen molar-refractivity contribution in [3.63, 3.8) is 0 Å². The lowest BCUT2D eigenvalue weighted by Gasteiger charge is -2.15. The Labute approximate surface area is 128 Å². The van der Waals surface area contributed by atoms with Crippen LogP contribution in [0.2, 0.25) is 0 Å². The fourth-order valence-corrected chi connectivity index (χ4v) is 3.39. The van der Waals surface area contributed by atoms with Gasteiger partial charge in [-0.25, -0.2) is 13.1 Å². The molecule has 1 aromatic rings. The van der Waals surface area contributed by atoms with Gasteiger partial charge >= 0.3 is 0 Å². The van der Waals surface area contributed by atoms with Gasteiger partial charge in [-0.2, -0.15) is 0 Å². The van der Waals surface area contributed by atoms with Gasteiger partial charge in [0.25, 0.3) is 0 Å². The first-order valence-electron chi connectivity index (χ1n) is 7.23. The summed E-state index contributed by atoms with van der Waals surface area (Å²) in [4.78, 5) is 2.32. The van der Waals surface area contributed by atoms with Gasteiger partial charge in [0.1, 0.15) is 0 Å². The van der Waals surface area contributed by atoms with Crippen LogP contribution in [-0.4, -0.2) is 47.0 Å². The summed E-state index contributed by atoms with van der Waals surface area (Å²) in [7, 11) is 0.378. The van der Waals surface area contributed by atoms with E-state index in [0.29, 0.717) is 24.5 Å². The smallest absolute Gasteiger partial charge is 0.240 e. The second-order valence-electron chi connectivity index (χ2n) is 5.53. The average Bonchev–Trinajstić information content (AvgIpc) is 2.36. The average molecular weight is 313 g/mol. The summed E-state index contributed by atoms with van der Waals surface area (Å²) in [5.41, 5.74) is 2.92. The summed E-state index contributed by atoms with van der Waals surface area (Å²) in [6.07, 6.45) is 0. The van der Waals surface area contributed by atoms with Crippen LogP contribution in [-0.2, 0) is 16.6 Å². The van der Waals surface area contributed by atoms with Crippen molar-refractivity contribution in [3.05, 3.63) is 28.8 Å². The quantitative estimate of drug-likeness (QED) is 0.758.